The van der Waals surface area contributed by atoms with E-state index in [0.717, 1.165) is 26.2 Å². The lowest BCUT2D eigenvalue weighted by Gasteiger charge is -2.52. The van der Waals surface area contributed by atoms with Gasteiger partial charge < -0.3 is 4.90 Å². The maximum atomic E-state index is 12.0. The van der Waals surface area contributed by atoms with Crippen molar-refractivity contribution in [2.24, 2.45) is 5.92 Å². The van der Waals surface area contributed by atoms with Crippen molar-refractivity contribution in [1.29, 1.82) is 0 Å². The van der Waals surface area contributed by atoms with Crippen molar-refractivity contribution in [3.05, 3.63) is 35.9 Å². The van der Waals surface area contributed by atoms with Crippen LogP contribution in [0.1, 0.15) is 19.4 Å². The topological polar surface area (TPSA) is 23.6 Å². The number of carbonyl (C=O) groups excluding carboxylic acids is 1. The first-order chi connectivity index (χ1) is 9.61. The first-order valence-corrected chi connectivity index (χ1v) is 8.31. The number of amides is 1. The van der Waals surface area contributed by atoms with Crippen molar-refractivity contribution in [3.8, 4) is 0 Å². The summed E-state index contributed by atoms with van der Waals surface area (Å²) >= 11 is 2.02. The average Bonchev–Trinajstić information content (AvgIpc) is 2.81. The smallest absolute Gasteiger partial charge is 0.225 e. The van der Waals surface area contributed by atoms with Gasteiger partial charge in [0.15, 0.2) is 0 Å². The Kier molecular flexibility index (Phi) is 3.78. The maximum Gasteiger partial charge on any atom is 0.225 e. The van der Waals surface area contributed by atoms with Gasteiger partial charge in [0.05, 0.1) is 13.1 Å². The van der Waals surface area contributed by atoms with Gasteiger partial charge in [-0.25, -0.2) is 0 Å². The minimum atomic E-state index is 0.112. The zero-order valence-corrected chi connectivity index (χ0v) is 13.0. The Hall–Kier alpha value is -1.00. The molecule has 108 valence electrons. The molecule has 3 nitrogen and oxygen atoms in total. The molecule has 2 saturated heterocycles. The van der Waals surface area contributed by atoms with Crippen LogP contribution in [0.2, 0.25) is 0 Å². The second kappa shape index (κ2) is 5.41. The normalized spacial score (nSPS) is 21.4. The van der Waals surface area contributed by atoms with Crippen LogP contribution in [0, 0.1) is 5.92 Å². The molecule has 20 heavy (non-hydrogen) atoms. The standard InChI is InChI=1S/C16H22N2OS/c1-13(2)15(19)17-11-16(12-17)18(8-9-20-16)10-14-6-4-3-5-7-14/h3-7,13H,8-12H2,1-2H3. The number of rotatable bonds is 3. The van der Waals surface area contributed by atoms with Gasteiger partial charge in [-0.2, -0.15) is 0 Å². The predicted molar refractivity (Wildman–Crippen MR) is 83.5 cm³/mol. The molecule has 0 atom stereocenters. The summed E-state index contributed by atoms with van der Waals surface area (Å²) in [7, 11) is 0. The lowest BCUT2D eigenvalue weighted by atomic mass is 10.0. The lowest BCUT2D eigenvalue weighted by molar-refractivity contribution is -0.143. The van der Waals surface area contributed by atoms with E-state index in [1.54, 1.807) is 0 Å². The van der Waals surface area contributed by atoms with Gasteiger partial charge in [0.2, 0.25) is 5.91 Å². The van der Waals surface area contributed by atoms with E-state index in [1.165, 1.54) is 11.3 Å². The van der Waals surface area contributed by atoms with E-state index in [0.29, 0.717) is 5.91 Å². The van der Waals surface area contributed by atoms with Crippen molar-refractivity contribution in [3.63, 3.8) is 0 Å². The molecule has 0 N–H and O–H groups in total. The maximum absolute atomic E-state index is 12.0. The first kappa shape index (κ1) is 14.0. The molecule has 2 heterocycles. The second-order valence-electron chi connectivity index (χ2n) is 6.05. The van der Waals surface area contributed by atoms with Gasteiger partial charge in [-0.05, 0) is 5.56 Å². The molecule has 0 unspecified atom stereocenters. The number of carbonyl (C=O) groups is 1. The fraction of sp³-hybridized carbons (Fsp3) is 0.562. The third kappa shape index (κ3) is 2.47. The Balaban J connectivity index is 1.64. The monoisotopic (exact) mass is 290 g/mol. The average molecular weight is 290 g/mol. The SMILES string of the molecule is CC(C)C(=O)N1CC2(C1)SCCN2Cc1ccccc1. The number of nitrogens with zero attached hydrogens (tertiary/aromatic N) is 2. The van der Waals surface area contributed by atoms with Crippen LogP contribution >= 0.6 is 11.8 Å². The van der Waals surface area contributed by atoms with Crippen LogP contribution < -0.4 is 0 Å². The summed E-state index contributed by atoms with van der Waals surface area (Å²) in [4.78, 5) is 16.8. The summed E-state index contributed by atoms with van der Waals surface area (Å²) in [5.74, 6) is 1.58. The summed E-state index contributed by atoms with van der Waals surface area (Å²) in [6.07, 6.45) is 0. The molecule has 0 saturated carbocycles. The van der Waals surface area contributed by atoms with E-state index in [2.05, 4.69) is 35.2 Å². The summed E-state index contributed by atoms with van der Waals surface area (Å²) in [5.41, 5.74) is 1.36. The fourth-order valence-electron chi connectivity index (χ4n) is 3.03. The summed E-state index contributed by atoms with van der Waals surface area (Å²) in [5, 5.41) is 0. The highest BCUT2D eigenvalue weighted by molar-refractivity contribution is 8.01. The lowest BCUT2D eigenvalue weighted by Crippen LogP contribution is -2.67. The fourth-order valence-corrected chi connectivity index (χ4v) is 4.55. The number of thioether (sulfide) groups is 1. The molecule has 0 aliphatic carbocycles. The van der Waals surface area contributed by atoms with E-state index >= 15 is 0 Å². The summed E-state index contributed by atoms with van der Waals surface area (Å²) in [6, 6.07) is 10.6. The molecule has 2 fully saturated rings. The van der Waals surface area contributed by atoms with Gasteiger partial charge in [0.1, 0.15) is 4.87 Å². The van der Waals surface area contributed by atoms with Gasteiger partial charge in [0.25, 0.3) is 0 Å². The van der Waals surface area contributed by atoms with Crippen LogP contribution in [0.5, 0.6) is 0 Å². The molecule has 2 aliphatic rings. The molecular formula is C16H22N2OS. The third-order valence-electron chi connectivity index (χ3n) is 4.21. The van der Waals surface area contributed by atoms with Crippen molar-refractivity contribution in [1.82, 2.24) is 9.80 Å². The minimum absolute atomic E-state index is 0.112. The highest BCUT2D eigenvalue weighted by Crippen LogP contribution is 2.44. The van der Waals surface area contributed by atoms with E-state index in [-0.39, 0.29) is 10.8 Å². The molecule has 1 aromatic carbocycles. The van der Waals surface area contributed by atoms with Gasteiger partial charge in [-0.15, -0.1) is 11.8 Å². The van der Waals surface area contributed by atoms with Crippen molar-refractivity contribution < 1.29 is 4.79 Å². The van der Waals surface area contributed by atoms with Crippen LogP contribution in [0.4, 0.5) is 0 Å². The van der Waals surface area contributed by atoms with Gasteiger partial charge in [-0.1, -0.05) is 44.2 Å². The number of hydrogen-bond acceptors (Lipinski definition) is 3. The van der Waals surface area contributed by atoms with Crippen LogP contribution in [0.15, 0.2) is 30.3 Å². The van der Waals surface area contributed by atoms with E-state index in [1.807, 2.05) is 30.5 Å². The van der Waals surface area contributed by atoms with Crippen LogP contribution in [-0.4, -0.2) is 46.0 Å². The largest absolute Gasteiger partial charge is 0.337 e. The molecule has 0 radical (unpaired) electrons. The Morgan fingerprint density at radius 3 is 2.65 bits per heavy atom. The van der Waals surface area contributed by atoms with Crippen LogP contribution in [0.25, 0.3) is 0 Å². The number of benzene rings is 1. The summed E-state index contributed by atoms with van der Waals surface area (Å²) in [6.45, 7) is 7.87. The molecule has 1 amide bonds. The molecule has 0 aromatic heterocycles. The molecule has 4 heteroatoms. The summed E-state index contributed by atoms with van der Waals surface area (Å²) < 4.78 is 0. The number of hydrogen-bond donors (Lipinski definition) is 0. The zero-order chi connectivity index (χ0) is 14.2. The first-order valence-electron chi connectivity index (χ1n) is 7.32. The van der Waals surface area contributed by atoms with E-state index in [9.17, 15) is 4.79 Å². The Morgan fingerprint density at radius 1 is 1.30 bits per heavy atom. The predicted octanol–water partition coefficient (Wildman–Crippen LogP) is 2.43. The Morgan fingerprint density at radius 2 is 2.00 bits per heavy atom. The molecule has 1 spiro atoms. The minimum Gasteiger partial charge on any atom is -0.337 e. The van der Waals surface area contributed by atoms with E-state index in [4.69, 9.17) is 0 Å². The quantitative estimate of drug-likeness (QED) is 0.854. The van der Waals surface area contributed by atoms with Crippen molar-refractivity contribution >= 4 is 17.7 Å². The second-order valence-corrected chi connectivity index (χ2v) is 7.51. The molecule has 3 rings (SSSR count). The Bertz CT molecular complexity index is 483. The van der Waals surface area contributed by atoms with Crippen molar-refractivity contribution in [2.45, 2.75) is 25.3 Å². The molecule has 2 aliphatic heterocycles. The zero-order valence-electron chi connectivity index (χ0n) is 12.2. The Labute approximate surface area is 125 Å². The highest BCUT2D eigenvalue weighted by atomic mass is 32.2. The van der Waals surface area contributed by atoms with Crippen LogP contribution in [0.3, 0.4) is 0 Å². The number of likely N-dealkylation sites (tertiary alicyclic amines) is 1. The van der Waals surface area contributed by atoms with Crippen molar-refractivity contribution in [2.75, 3.05) is 25.4 Å². The molecule has 0 bridgehead atoms. The van der Waals surface area contributed by atoms with Crippen LogP contribution in [-0.2, 0) is 11.3 Å². The molecule has 1 aromatic rings. The highest BCUT2D eigenvalue weighted by Gasteiger charge is 2.52. The third-order valence-corrected chi connectivity index (χ3v) is 5.65. The van der Waals surface area contributed by atoms with Gasteiger partial charge in [-0.3, -0.25) is 9.69 Å². The van der Waals surface area contributed by atoms with Gasteiger partial charge >= 0.3 is 0 Å². The molecular weight excluding hydrogens is 268 g/mol. The van der Waals surface area contributed by atoms with E-state index < -0.39 is 0 Å². The van der Waals surface area contributed by atoms with Gasteiger partial charge in [0, 0.05) is 24.8 Å².